The fraction of sp³-hybridized carbons (Fsp3) is 0.133. The summed E-state index contributed by atoms with van der Waals surface area (Å²) in [5.41, 5.74) is 9.16. The molecule has 0 saturated carbocycles. The summed E-state index contributed by atoms with van der Waals surface area (Å²) in [6.45, 7) is 2.01. The molecule has 19 heavy (non-hydrogen) atoms. The number of carboxylic acid groups (broad SMARTS) is 1. The van der Waals surface area contributed by atoms with Gasteiger partial charge in [0.15, 0.2) is 0 Å². The largest absolute Gasteiger partial charge is 0.478 e. The van der Waals surface area contributed by atoms with Crippen molar-refractivity contribution in [2.45, 2.75) is 17.6 Å². The van der Waals surface area contributed by atoms with Crippen LogP contribution >= 0.6 is 11.8 Å². The summed E-state index contributed by atoms with van der Waals surface area (Å²) >= 11 is 1.70. The van der Waals surface area contributed by atoms with E-state index in [1.165, 1.54) is 0 Å². The van der Waals surface area contributed by atoms with Crippen molar-refractivity contribution in [2.75, 3.05) is 5.73 Å². The molecule has 0 aliphatic rings. The van der Waals surface area contributed by atoms with E-state index in [1.807, 2.05) is 37.3 Å². The molecule has 3 nitrogen and oxygen atoms in total. The summed E-state index contributed by atoms with van der Waals surface area (Å²) in [5.74, 6) is -0.102. The van der Waals surface area contributed by atoms with Gasteiger partial charge in [0.1, 0.15) is 0 Å². The lowest BCUT2D eigenvalue weighted by Gasteiger charge is -2.08. The smallest absolute Gasteiger partial charge is 0.335 e. The molecule has 2 aromatic rings. The fourth-order valence-electron chi connectivity index (χ4n) is 1.69. The highest BCUT2D eigenvalue weighted by molar-refractivity contribution is 7.98. The quantitative estimate of drug-likeness (QED) is 0.660. The summed E-state index contributed by atoms with van der Waals surface area (Å²) in [5, 5.41) is 8.83. The van der Waals surface area contributed by atoms with E-state index in [0.717, 1.165) is 27.5 Å². The highest BCUT2D eigenvalue weighted by Crippen LogP contribution is 2.28. The van der Waals surface area contributed by atoms with Crippen LogP contribution in [-0.4, -0.2) is 11.1 Å². The minimum Gasteiger partial charge on any atom is -0.478 e. The van der Waals surface area contributed by atoms with Crippen molar-refractivity contribution >= 4 is 23.4 Å². The number of nitrogens with two attached hydrogens (primary N) is 1. The van der Waals surface area contributed by atoms with Gasteiger partial charge in [-0.15, -0.1) is 11.8 Å². The number of benzene rings is 2. The first-order valence-electron chi connectivity index (χ1n) is 5.88. The Morgan fingerprint density at radius 1 is 1.21 bits per heavy atom. The molecule has 4 heteroatoms. The molecule has 0 bridgehead atoms. The SMILES string of the molecule is Cc1c(N)cccc1SCc1ccc(C(=O)O)cc1. The maximum atomic E-state index is 10.8. The Kier molecular flexibility index (Phi) is 4.12. The van der Waals surface area contributed by atoms with Crippen LogP contribution in [0.2, 0.25) is 0 Å². The van der Waals surface area contributed by atoms with Gasteiger partial charge in [0.2, 0.25) is 0 Å². The van der Waals surface area contributed by atoms with E-state index >= 15 is 0 Å². The average molecular weight is 273 g/mol. The van der Waals surface area contributed by atoms with Crippen molar-refractivity contribution in [1.29, 1.82) is 0 Å². The number of carboxylic acids is 1. The lowest BCUT2D eigenvalue weighted by Crippen LogP contribution is -1.95. The van der Waals surface area contributed by atoms with Gasteiger partial charge in [-0.25, -0.2) is 4.79 Å². The first-order chi connectivity index (χ1) is 9.08. The van der Waals surface area contributed by atoms with Gasteiger partial charge < -0.3 is 10.8 Å². The van der Waals surface area contributed by atoms with E-state index in [4.69, 9.17) is 10.8 Å². The van der Waals surface area contributed by atoms with Gasteiger partial charge in [-0.3, -0.25) is 0 Å². The Balaban J connectivity index is 2.06. The molecule has 0 saturated heterocycles. The van der Waals surface area contributed by atoms with Gasteiger partial charge in [0.05, 0.1) is 5.56 Å². The van der Waals surface area contributed by atoms with Gasteiger partial charge in [0.25, 0.3) is 0 Å². The van der Waals surface area contributed by atoms with Gasteiger partial charge in [-0.1, -0.05) is 18.2 Å². The number of aromatic carboxylic acids is 1. The Bertz CT molecular complexity index is 594. The van der Waals surface area contributed by atoms with Crippen molar-refractivity contribution in [2.24, 2.45) is 0 Å². The minimum atomic E-state index is -0.897. The number of thioether (sulfide) groups is 1. The zero-order valence-electron chi connectivity index (χ0n) is 10.6. The van der Waals surface area contributed by atoms with Crippen LogP contribution in [0.15, 0.2) is 47.4 Å². The molecule has 2 rings (SSSR count). The van der Waals surface area contributed by atoms with E-state index in [0.29, 0.717) is 5.56 Å². The third-order valence-electron chi connectivity index (χ3n) is 2.92. The molecule has 0 amide bonds. The van der Waals surface area contributed by atoms with Crippen LogP contribution < -0.4 is 5.73 Å². The number of rotatable bonds is 4. The molecule has 0 aliphatic carbocycles. The zero-order chi connectivity index (χ0) is 13.8. The van der Waals surface area contributed by atoms with Crippen molar-refractivity contribution in [3.8, 4) is 0 Å². The van der Waals surface area contributed by atoms with Crippen molar-refractivity contribution in [3.05, 3.63) is 59.2 Å². The third-order valence-corrected chi connectivity index (χ3v) is 4.15. The van der Waals surface area contributed by atoms with E-state index in [-0.39, 0.29) is 0 Å². The Morgan fingerprint density at radius 3 is 2.53 bits per heavy atom. The van der Waals surface area contributed by atoms with Gasteiger partial charge in [-0.05, 0) is 42.3 Å². The molecule has 3 N–H and O–H groups in total. The van der Waals surface area contributed by atoms with E-state index in [1.54, 1.807) is 23.9 Å². The third kappa shape index (κ3) is 3.29. The van der Waals surface area contributed by atoms with Crippen LogP contribution in [0.3, 0.4) is 0 Å². The Hall–Kier alpha value is -1.94. The molecule has 98 valence electrons. The second-order valence-corrected chi connectivity index (χ2v) is 5.28. The number of hydrogen-bond acceptors (Lipinski definition) is 3. The lowest BCUT2D eigenvalue weighted by atomic mass is 10.1. The predicted octanol–water partition coefficient (Wildman–Crippen LogP) is 3.57. The minimum absolute atomic E-state index is 0.314. The molecular weight excluding hydrogens is 258 g/mol. The zero-order valence-corrected chi connectivity index (χ0v) is 11.4. The molecule has 0 spiro atoms. The number of carbonyl (C=O) groups is 1. The number of anilines is 1. The number of hydrogen-bond donors (Lipinski definition) is 2. The summed E-state index contributed by atoms with van der Waals surface area (Å²) in [6.07, 6.45) is 0. The molecule has 0 unspecified atom stereocenters. The average Bonchev–Trinajstić information content (AvgIpc) is 2.41. The van der Waals surface area contributed by atoms with Gasteiger partial charge >= 0.3 is 5.97 Å². The first-order valence-corrected chi connectivity index (χ1v) is 6.86. The van der Waals surface area contributed by atoms with Crippen molar-refractivity contribution < 1.29 is 9.90 Å². The van der Waals surface area contributed by atoms with Crippen LogP contribution in [0.4, 0.5) is 5.69 Å². The summed E-state index contributed by atoms with van der Waals surface area (Å²) < 4.78 is 0. The van der Waals surface area contributed by atoms with Crippen LogP contribution in [0.5, 0.6) is 0 Å². The Morgan fingerprint density at radius 2 is 1.89 bits per heavy atom. The normalized spacial score (nSPS) is 10.4. The highest BCUT2D eigenvalue weighted by atomic mass is 32.2. The molecule has 2 aromatic carbocycles. The van der Waals surface area contributed by atoms with Crippen molar-refractivity contribution in [1.82, 2.24) is 0 Å². The lowest BCUT2D eigenvalue weighted by molar-refractivity contribution is 0.0697. The highest BCUT2D eigenvalue weighted by Gasteiger charge is 2.04. The predicted molar refractivity (Wildman–Crippen MR) is 78.6 cm³/mol. The van der Waals surface area contributed by atoms with Crippen LogP contribution in [0.1, 0.15) is 21.5 Å². The molecular formula is C15H15NO2S. The summed E-state index contributed by atoms with van der Waals surface area (Å²) in [7, 11) is 0. The molecule has 0 atom stereocenters. The summed E-state index contributed by atoms with van der Waals surface area (Å²) in [6, 6.07) is 12.8. The maximum Gasteiger partial charge on any atom is 0.335 e. The fourth-order valence-corrected chi connectivity index (χ4v) is 2.72. The molecule has 0 heterocycles. The molecule has 0 fully saturated rings. The van der Waals surface area contributed by atoms with Crippen molar-refractivity contribution in [3.63, 3.8) is 0 Å². The van der Waals surface area contributed by atoms with E-state index < -0.39 is 5.97 Å². The molecule has 0 radical (unpaired) electrons. The second-order valence-electron chi connectivity index (χ2n) is 4.26. The second kappa shape index (κ2) is 5.80. The van der Waals surface area contributed by atoms with Gasteiger partial charge in [-0.2, -0.15) is 0 Å². The monoisotopic (exact) mass is 273 g/mol. The maximum absolute atomic E-state index is 10.8. The molecule has 0 aromatic heterocycles. The topological polar surface area (TPSA) is 63.3 Å². The van der Waals surface area contributed by atoms with Crippen LogP contribution in [-0.2, 0) is 5.75 Å². The van der Waals surface area contributed by atoms with Gasteiger partial charge in [0, 0.05) is 16.3 Å². The first kappa shape index (κ1) is 13.5. The molecule has 0 aliphatic heterocycles. The Labute approximate surface area is 116 Å². The summed E-state index contributed by atoms with van der Waals surface area (Å²) in [4.78, 5) is 11.9. The van der Waals surface area contributed by atoms with Crippen LogP contribution in [0.25, 0.3) is 0 Å². The standard InChI is InChI=1S/C15H15NO2S/c1-10-13(16)3-2-4-14(10)19-9-11-5-7-12(8-6-11)15(17)18/h2-8H,9,16H2,1H3,(H,17,18). The van der Waals surface area contributed by atoms with E-state index in [9.17, 15) is 4.79 Å². The number of nitrogen functional groups attached to an aromatic ring is 1. The van der Waals surface area contributed by atoms with E-state index in [2.05, 4.69) is 0 Å². The van der Waals surface area contributed by atoms with Crippen LogP contribution in [0, 0.1) is 6.92 Å².